The van der Waals surface area contributed by atoms with Gasteiger partial charge in [0.05, 0.1) is 0 Å². The Labute approximate surface area is 127 Å². The summed E-state index contributed by atoms with van der Waals surface area (Å²) in [6.45, 7) is 1.47. The van der Waals surface area contributed by atoms with Crippen molar-refractivity contribution in [1.82, 2.24) is 10.2 Å². The van der Waals surface area contributed by atoms with Gasteiger partial charge in [0.25, 0.3) is 0 Å². The van der Waals surface area contributed by atoms with Gasteiger partial charge in [-0.25, -0.2) is 9.18 Å². The number of nitrogens with zero attached hydrogens (tertiary/aromatic N) is 1. The zero-order chi connectivity index (χ0) is 15.3. The number of halogens is 1. The highest BCUT2D eigenvalue weighted by atomic mass is 19.1. The highest BCUT2D eigenvalue weighted by Gasteiger charge is 2.39. The first-order valence-corrected chi connectivity index (χ1v) is 8.45. The quantitative estimate of drug-likeness (QED) is 0.820. The van der Waals surface area contributed by atoms with Crippen LogP contribution in [-0.2, 0) is 0 Å². The van der Waals surface area contributed by atoms with Crippen LogP contribution in [0.5, 0.6) is 0 Å². The Morgan fingerprint density at radius 2 is 2.05 bits per heavy atom. The number of nitrogens with two attached hydrogens (primary N) is 1. The van der Waals surface area contributed by atoms with Gasteiger partial charge in [-0.2, -0.15) is 0 Å². The fourth-order valence-corrected chi connectivity index (χ4v) is 4.19. The number of primary amides is 1. The van der Waals surface area contributed by atoms with E-state index < -0.39 is 5.67 Å². The molecule has 122 valence electrons. The summed E-state index contributed by atoms with van der Waals surface area (Å²) in [7, 11) is 1.90. The van der Waals surface area contributed by atoms with Crippen LogP contribution in [-0.4, -0.2) is 42.8 Å². The average Bonchev–Trinajstić information content (AvgIpc) is 2.47. The zero-order valence-electron chi connectivity index (χ0n) is 13.2. The minimum atomic E-state index is -1.04. The van der Waals surface area contributed by atoms with Crippen molar-refractivity contribution in [3.63, 3.8) is 0 Å². The summed E-state index contributed by atoms with van der Waals surface area (Å²) in [5.74, 6) is 0.158. The molecule has 2 rings (SSSR count). The normalized spacial score (nSPS) is 27.3. The Hall–Kier alpha value is -0.840. The molecule has 2 aliphatic rings. The molecule has 1 heterocycles. The van der Waals surface area contributed by atoms with Crippen molar-refractivity contribution in [2.24, 2.45) is 11.7 Å². The van der Waals surface area contributed by atoms with E-state index in [-0.39, 0.29) is 18.0 Å². The van der Waals surface area contributed by atoms with E-state index in [2.05, 4.69) is 5.32 Å². The van der Waals surface area contributed by atoms with Gasteiger partial charge in [-0.15, -0.1) is 0 Å². The third kappa shape index (κ3) is 4.31. The lowest BCUT2D eigenvalue weighted by atomic mass is 9.76. The van der Waals surface area contributed by atoms with Crippen LogP contribution >= 0.6 is 0 Å². The van der Waals surface area contributed by atoms with Crippen LogP contribution in [0.15, 0.2) is 0 Å². The summed E-state index contributed by atoms with van der Waals surface area (Å²) in [6.07, 6.45) is 8.11. The van der Waals surface area contributed by atoms with Gasteiger partial charge in [-0.3, -0.25) is 0 Å². The average molecular weight is 299 g/mol. The van der Waals surface area contributed by atoms with Crippen molar-refractivity contribution in [2.75, 3.05) is 20.1 Å². The summed E-state index contributed by atoms with van der Waals surface area (Å²) in [5.41, 5.74) is 4.49. The second-order valence-electron chi connectivity index (χ2n) is 6.83. The number of piperidine rings is 1. The number of hydrogen-bond donors (Lipinski definition) is 2. The SMILES string of the molecule is CNC[C@H](CC1(F)CCCCC1)C1CCCCN1C(N)=O. The Morgan fingerprint density at radius 3 is 2.67 bits per heavy atom. The third-order valence-electron chi connectivity index (χ3n) is 5.22. The molecule has 1 saturated carbocycles. The predicted octanol–water partition coefficient (Wildman–Crippen LogP) is 2.82. The molecule has 3 N–H and O–H groups in total. The minimum Gasteiger partial charge on any atom is -0.351 e. The molecule has 2 atom stereocenters. The molecule has 1 aliphatic heterocycles. The van der Waals surface area contributed by atoms with Crippen molar-refractivity contribution >= 4 is 6.03 Å². The van der Waals surface area contributed by atoms with Crippen LogP contribution in [0.2, 0.25) is 0 Å². The number of carbonyl (C=O) groups excluding carboxylic acids is 1. The van der Waals surface area contributed by atoms with Gasteiger partial charge in [0.2, 0.25) is 0 Å². The first-order valence-electron chi connectivity index (χ1n) is 8.45. The molecule has 0 aromatic carbocycles. The van der Waals surface area contributed by atoms with Crippen molar-refractivity contribution in [3.05, 3.63) is 0 Å². The lowest BCUT2D eigenvalue weighted by molar-refractivity contribution is 0.0425. The molecule has 2 amide bonds. The smallest absolute Gasteiger partial charge is 0.315 e. The Balaban J connectivity index is 2.07. The molecule has 0 spiro atoms. The maximum atomic E-state index is 15.1. The van der Waals surface area contributed by atoms with E-state index in [9.17, 15) is 4.79 Å². The topological polar surface area (TPSA) is 58.4 Å². The van der Waals surface area contributed by atoms with Crippen molar-refractivity contribution in [3.8, 4) is 0 Å². The van der Waals surface area contributed by atoms with Gasteiger partial charge >= 0.3 is 6.03 Å². The first-order chi connectivity index (χ1) is 10.1. The summed E-state index contributed by atoms with van der Waals surface area (Å²) < 4.78 is 15.1. The van der Waals surface area contributed by atoms with E-state index in [1.807, 2.05) is 7.05 Å². The van der Waals surface area contributed by atoms with Gasteiger partial charge in [-0.1, -0.05) is 19.3 Å². The van der Waals surface area contributed by atoms with Crippen LogP contribution in [0.4, 0.5) is 9.18 Å². The maximum absolute atomic E-state index is 15.1. The van der Waals surface area contributed by atoms with Gasteiger partial charge in [0, 0.05) is 12.6 Å². The summed E-state index contributed by atoms with van der Waals surface area (Å²) in [4.78, 5) is 13.5. The van der Waals surface area contributed by atoms with Crippen LogP contribution < -0.4 is 11.1 Å². The third-order valence-corrected chi connectivity index (χ3v) is 5.22. The summed E-state index contributed by atoms with van der Waals surface area (Å²) >= 11 is 0. The maximum Gasteiger partial charge on any atom is 0.315 e. The van der Waals surface area contributed by atoms with Gasteiger partial charge in [-0.05, 0) is 58.0 Å². The Kier molecular flexibility index (Phi) is 5.85. The molecule has 0 aromatic rings. The van der Waals surface area contributed by atoms with Crippen molar-refractivity contribution in [1.29, 1.82) is 0 Å². The van der Waals surface area contributed by atoms with Crippen LogP contribution in [0.25, 0.3) is 0 Å². The van der Waals surface area contributed by atoms with Gasteiger partial charge < -0.3 is 16.0 Å². The minimum absolute atomic E-state index is 0.0956. The number of amides is 2. The largest absolute Gasteiger partial charge is 0.351 e. The lowest BCUT2D eigenvalue weighted by Crippen LogP contribution is -2.52. The molecule has 1 saturated heterocycles. The van der Waals surface area contributed by atoms with E-state index in [0.717, 1.165) is 51.6 Å². The Bertz CT molecular complexity index is 344. The first kappa shape index (κ1) is 16.5. The monoisotopic (exact) mass is 299 g/mol. The molecular formula is C16H30FN3O. The van der Waals surface area contributed by atoms with Gasteiger partial charge in [0.15, 0.2) is 0 Å². The highest BCUT2D eigenvalue weighted by molar-refractivity contribution is 5.72. The highest BCUT2D eigenvalue weighted by Crippen LogP contribution is 2.39. The molecule has 0 aromatic heterocycles. The second kappa shape index (κ2) is 7.43. The van der Waals surface area contributed by atoms with Crippen molar-refractivity contribution in [2.45, 2.75) is 69.5 Å². The number of alkyl halides is 1. The van der Waals surface area contributed by atoms with E-state index in [1.165, 1.54) is 0 Å². The van der Waals surface area contributed by atoms with Gasteiger partial charge in [0.1, 0.15) is 5.67 Å². The number of likely N-dealkylation sites (tertiary alicyclic amines) is 1. The molecule has 0 radical (unpaired) electrons. The number of nitrogens with one attached hydrogen (secondary N) is 1. The predicted molar refractivity (Wildman–Crippen MR) is 82.9 cm³/mol. The van der Waals surface area contributed by atoms with E-state index in [4.69, 9.17) is 5.73 Å². The number of urea groups is 1. The molecule has 4 nitrogen and oxygen atoms in total. The van der Waals surface area contributed by atoms with Crippen molar-refractivity contribution < 1.29 is 9.18 Å². The molecule has 5 heteroatoms. The van der Waals surface area contributed by atoms with E-state index in [1.54, 1.807) is 4.90 Å². The fraction of sp³-hybridized carbons (Fsp3) is 0.938. The summed E-state index contributed by atoms with van der Waals surface area (Å²) in [5, 5.41) is 3.19. The molecule has 2 fully saturated rings. The number of rotatable bonds is 5. The Morgan fingerprint density at radius 1 is 1.33 bits per heavy atom. The van der Waals surface area contributed by atoms with E-state index in [0.29, 0.717) is 19.3 Å². The standard InChI is InChI=1S/C16H30FN3O/c1-19-12-13(11-16(17)8-4-2-5-9-16)14-7-3-6-10-20(14)15(18)21/h13-14,19H,2-12H2,1H3,(H2,18,21)/t13-,14?/m0/s1. The number of carbonyl (C=O) groups is 1. The second-order valence-corrected chi connectivity index (χ2v) is 6.83. The molecule has 1 aliphatic carbocycles. The molecular weight excluding hydrogens is 269 g/mol. The van der Waals surface area contributed by atoms with Crippen LogP contribution in [0, 0.1) is 5.92 Å². The fourth-order valence-electron chi connectivity index (χ4n) is 4.19. The van der Waals surface area contributed by atoms with Crippen LogP contribution in [0.1, 0.15) is 57.8 Å². The van der Waals surface area contributed by atoms with E-state index >= 15 is 4.39 Å². The zero-order valence-corrected chi connectivity index (χ0v) is 13.2. The molecule has 1 unspecified atom stereocenters. The molecule has 21 heavy (non-hydrogen) atoms. The summed E-state index contributed by atoms with van der Waals surface area (Å²) in [6, 6.07) is -0.254. The molecule has 0 bridgehead atoms. The van der Waals surface area contributed by atoms with Crippen LogP contribution in [0.3, 0.4) is 0 Å². The lowest BCUT2D eigenvalue weighted by Gasteiger charge is -2.42. The number of hydrogen-bond acceptors (Lipinski definition) is 2.